The molecule has 3 N–H and O–H groups in total. The Morgan fingerprint density at radius 3 is 2.29 bits per heavy atom. The molecular formula is C29H38N4O5. The van der Waals surface area contributed by atoms with Crippen LogP contribution in [0.1, 0.15) is 64.1 Å². The Bertz CT molecular complexity index is 1090. The van der Waals surface area contributed by atoms with Crippen LogP contribution < -0.4 is 10.6 Å². The van der Waals surface area contributed by atoms with Crippen molar-refractivity contribution in [3.63, 3.8) is 0 Å². The normalized spacial score (nSPS) is 12.5. The Hall–Kier alpha value is -4.06. The summed E-state index contributed by atoms with van der Waals surface area (Å²) in [4.78, 5) is 41.2. The highest BCUT2D eigenvalue weighted by Crippen LogP contribution is 2.25. The second kappa shape index (κ2) is 14.6. The van der Waals surface area contributed by atoms with Crippen molar-refractivity contribution in [3.8, 4) is 11.8 Å². The summed E-state index contributed by atoms with van der Waals surface area (Å²) < 4.78 is 5.38. The monoisotopic (exact) mass is 522 g/mol. The van der Waals surface area contributed by atoms with Crippen molar-refractivity contribution in [1.29, 1.82) is 5.26 Å². The van der Waals surface area contributed by atoms with Crippen LogP contribution in [0.15, 0.2) is 54.6 Å². The topological polar surface area (TPSA) is 132 Å². The third-order valence-corrected chi connectivity index (χ3v) is 5.64. The van der Waals surface area contributed by atoms with Crippen molar-refractivity contribution in [2.24, 2.45) is 0 Å². The molecule has 0 heterocycles. The molecule has 0 aliphatic carbocycles. The van der Waals surface area contributed by atoms with Gasteiger partial charge in [0.15, 0.2) is 0 Å². The predicted molar refractivity (Wildman–Crippen MR) is 144 cm³/mol. The van der Waals surface area contributed by atoms with Gasteiger partial charge in [0.2, 0.25) is 11.8 Å². The first-order chi connectivity index (χ1) is 18.1. The van der Waals surface area contributed by atoms with Gasteiger partial charge in [-0.3, -0.25) is 9.59 Å². The maximum atomic E-state index is 14.0. The highest BCUT2D eigenvalue weighted by molar-refractivity contribution is 5.92. The number of hydrogen-bond donors (Lipinski definition) is 3. The summed E-state index contributed by atoms with van der Waals surface area (Å²) in [5.74, 6) is -1.06. The average molecular weight is 523 g/mol. The molecule has 9 nitrogen and oxygen atoms in total. The van der Waals surface area contributed by atoms with Crippen LogP contribution in [-0.4, -0.2) is 52.6 Å². The van der Waals surface area contributed by atoms with Crippen LogP contribution in [0.5, 0.6) is 5.75 Å². The van der Waals surface area contributed by atoms with Gasteiger partial charge in [-0.1, -0.05) is 62.2 Å². The fourth-order valence-electron chi connectivity index (χ4n) is 3.89. The summed E-state index contributed by atoms with van der Waals surface area (Å²) in [6.07, 6.45) is 2.03. The number of ether oxygens (including phenoxy) is 1. The number of nitrogens with zero attached hydrogens (tertiary/aromatic N) is 2. The summed E-state index contributed by atoms with van der Waals surface area (Å²) in [7, 11) is 0. The molecule has 0 bridgehead atoms. The lowest BCUT2D eigenvalue weighted by Gasteiger charge is -2.33. The van der Waals surface area contributed by atoms with Crippen LogP contribution in [0, 0.1) is 11.3 Å². The van der Waals surface area contributed by atoms with Gasteiger partial charge in [-0.25, -0.2) is 4.79 Å². The molecule has 0 aromatic heterocycles. The van der Waals surface area contributed by atoms with Crippen molar-refractivity contribution < 1.29 is 24.2 Å². The smallest absolute Gasteiger partial charge is 0.408 e. The van der Waals surface area contributed by atoms with Crippen LogP contribution in [0.3, 0.4) is 0 Å². The van der Waals surface area contributed by atoms with Gasteiger partial charge in [-0.15, -0.1) is 0 Å². The third-order valence-electron chi connectivity index (χ3n) is 5.64. The molecular weight excluding hydrogens is 484 g/mol. The zero-order valence-electron chi connectivity index (χ0n) is 22.6. The van der Waals surface area contributed by atoms with E-state index in [-0.39, 0.29) is 12.2 Å². The van der Waals surface area contributed by atoms with E-state index in [9.17, 15) is 24.8 Å². The van der Waals surface area contributed by atoms with E-state index >= 15 is 0 Å². The SMILES string of the molecule is CCCCCNC(=O)C(c1ccc(O)cc1)N(CC#N)C(=O)C(Cc1ccccc1)NC(=O)OC(C)(C)C. The summed E-state index contributed by atoms with van der Waals surface area (Å²) in [6, 6.07) is 14.8. The van der Waals surface area contributed by atoms with E-state index < -0.39 is 42.1 Å². The Morgan fingerprint density at radius 2 is 1.71 bits per heavy atom. The van der Waals surface area contributed by atoms with Crippen molar-refractivity contribution >= 4 is 17.9 Å². The van der Waals surface area contributed by atoms with Crippen LogP contribution in [0.2, 0.25) is 0 Å². The van der Waals surface area contributed by atoms with Gasteiger partial charge in [-0.2, -0.15) is 5.26 Å². The number of amides is 3. The Balaban J connectivity index is 2.45. The average Bonchev–Trinajstić information content (AvgIpc) is 2.86. The van der Waals surface area contributed by atoms with E-state index in [1.807, 2.05) is 36.4 Å². The van der Waals surface area contributed by atoms with Crippen LogP contribution in [0.25, 0.3) is 0 Å². The summed E-state index contributed by atoms with van der Waals surface area (Å²) in [5.41, 5.74) is 0.420. The van der Waals surface area contributed by atoms with E-state index in [1.165, 1.54) is 24.3 Å². The van der Waals surface area contributed by atoms with E-state index in [0.29, 0.717) is 12.1 Å². The molecule has 2 rings (SSSR count). The molecule has 9 heteroatoms. The van der Waals surface area contributed by atoms with Crippen molar-refractivity contribution in [3.05, 3.63) is 65.7 Å². The zero-order valence-corrected chi connectivity index (χ0v) is 22.6. The number of alkyl carbamates (subject to hydrolysis) is 1. The summed E-state index contributed by atoms with van der Waals surface area (Å²) >= 11 is 0. The molecule has 0 aliphatic heterocycles. The second-order valence-corrected chi connectivity index (χ2v) is 10.0. The number of nitriles is 1. The van der Waals surface area contributed by atoms with Crippen molar-refractivity contribution in [2.75, 3.05) is 13.1 Å². The van der Waals surface area contributed by atoms with E-state index in [0.717, 1.165) is 29.7 Å². The number of nitrogens with one attached hydrogen (secondary N) is 2. The Labute approximate surface area is 224 Å². The largest absolute Gasteiger partial charge is 0.508 e. The molecule has 0 fully saturated rings. The van der Waals surface area contributed by atoms with Gasteiger partial charge in [0.05, 0.1) is 6.07 Å². The molecule has 2 aromatic carbocycles. The molecule has 2 atom stereocenters. The lowest BCUT2D eigenvalue weighted by molar-refractivity contribution is -0.141. The summed E-state index contributed by atoms with van der Waals surface area (Å²) in [6.45, 7) is 7.22. The van der Waals surface area contributed by atoms with Gasteiger partial charge in [0, 0.05) is 13.0 Å². The first-order valence-electron chi connectivity index (χ1n) is 12.8. The third kappa shape index (κ3) is 9.77. The number of unbranched alkanes of at least 4 members (excludes halogenated alkanes) is 2. The molecule has 2 aromatic rings. The predicted octanol–water partition coefficient (Wildman–Crippen LogP) is 4.23. The summed E-state index contributed by atoms with van der Waals surface area (Å²) in [5, 5.41) is 24.9. The fourth-order valence-corrected chi connectivity index (χ4v) is 3.89. The van der Waals surface area contributed by atoms with E-state index in [4.69, 9.17) is 4.74 Å². The number of phenolic OH excluding ortho intramolecular Hbond substituents is 1. The minimum Gasteiger partial charge on any atom is -0.508 e. The number of benzene rings is 2. The highest BCUT2D eigenvalue weighted by Gasteiger charge is 2.36. The number of hydrogen-bond acceptors (Lipinski definition) is 6. The molecule has 3 amide bonds. The molecule has 0 aliphatic rings. The molecule has 0 spiro atoms. The first-order valence-corrected chi connectivity index (χ1v) is 12.8. The fraction of sp³-hybridized carbons (Fsp3) is 0.448. The van der Waals surface area contributed by atoms with Gasteiger partial charge in [0.25, 0.3) is 0 Å². The van der Waals surface area contributed by atoms with Crippen LogP contribution in [-0.2, 0) is 20.7 Å². The maximum Gasteiger partial charge on any atom is 0.408 e. The number of phenols is 1. The lowest BCUT2D eigenvalue weighted by Crippen LogP contribution is -2.54. The van der Waals surface area contributed by atoms with Crippen LogP contribution >= 0.6 is 0 Å². The number of rotatable bonds is 12. The maximum absolute atomic E-state index is 14.0. The minimum atomic E-state index is -1.15. The Morgan fingerprint density at radius 1 is 1.05 bits per heavy atom. The zero-order chi connectivity index (χ0) is 28.1. The number of carbonyl (C=O) groups is 3. The molecule has 0 saturated carbocycles. The second-order valence-electron chi connectivity index (χ2n) is 10.0. The molecule has 204 valence electrons. The molecule has 38 heavy (non-hydrogen) atoms. The quantitative estimate of drug-likeness (QED) is 0.282. The number of carbonyl (C=O) groups excluding carboxylic acids is 3. The van der Waals surface area contributed by atoms with E-state index in [1.54, 1.807) is 20.8 Å². The minimum absolute atomic E-state index is 0.00237. The highest BCUT2D eigenvalue weighted by atomic mass is 16.6. The van der Waals surface area contributed by atoms with E-state index in [2.05, 4.69) is 17.6 Å². The van der Waals surface area contributed by atoms with Gasteiger partial charge >= 0.3 is 6.09 Å². The van der Waals surface area contributed by atoms with Crippen molar-refractivity contribution in [2.45, 2.75) is 71.1 Å². The van der Waals surface area contributed by atoms with Crippen LogP contribution in [0.4, 0.5) is 4.79 Å². The van der Waals surface area contributed by atoms with Gasteiger partial charge in [0.1, 0.15) is 30.0 Å². The van der Waals surface area contributed by atoms with Gasteiger partial charge < -0.3 is 25.4 Å². The number of aromatic hydroxyl groups is 1. The van der Waals surface area contributed by atoms with Gasteiger partial charge in [-0.05, 0) is 50.5 Å². The standard InChI is InChI=1S/C29H38N4O5/c1-5-6-10-18-31-26(35)25(22-13-15-23(34)16-14-22)33(19-17-30)27(36)24(20-21-11-8-7-9-12-21)32-28(37)38-29(2,3)4/h7-9,11-16,24-25,34H,5-6,10,18-20H2,1-4H3,(H,31,35)(H,32,37). The molecule has 2 unspecified atom stereocenters. The first kappa shape index (κ1) is 30.2. The van der Waals surface area contributed by atoms with Crippen molar-refractivity contribution in [1.82, 2.24) is 15.5 Å². The Kier molecular flexibility index (Phi) is 11.6. The molecule has 0 saturated heterocycles. The molecule has 0 radical (unpaired) electrons. The lowest BCUT2D eigenvalue weighted by atomic mass is 10.00.